The van der Waals surface area contributed by atoms with Gasteiger partial charge in [-0.05, 0) is 42.0 Å². The molecule has 0 saturated carbocycles. The summed E-state index contributed by atoms with van der Waals surface area (Å²) < 4.78 is 29.2. The van der Waals surface area contributed by atoms with E-state index in [4.69, 9.17) is 4.98 Å². The molecule has 4 rings (SSSR count). The van der Waals surface area contributed by atoms with Crippen molar-refractivity contribution < 1.29 is 8.78 Å². The van der Waals surface area contributed by atoms with Crippen molar-refractivity contribution in [3.8, 4) is 22.5 Å². The van der Waals surface area contributed by atoms with Crippen molar-refractivity contribution >= 4 is 12.6 Å². The van der Waals surface area contributed by atoms with Gasteiger partial charge in [-0.25, -0.2) is 8.78 Å². The fourth-order valence-corrected chi connectivity index (χ4v) is 3.98. The van der Waals surface area contributed by atoms with Gasteiger partial charge >= 0.3 is 0 Å². The number of thiol groups is 1. The van der Waals surface area contributed by atoms with Crippen LogP contribution in [0, 0.1) is 11.6 Å². The Bertz CT molecular complexity index is 1210. The third-order valence-electron chi connectivity index (χ3n) is 5.24. The summed E-state index contributed by atoms with van der Waals surface area (Å²) in [5, 5.41) is 0. The van der Waals surface area contributed by atoms with Crippen LogP contribution < -0.4 is 0 Å². The summed E-state index contributed by atoms with van der Waals surface area (Å²) in [6.07, 6.45) is 1.58. The number of nitrogens with zero attached hydrogens (tertiary/aromatic N) is 2. The molecule has 2 aromatic carbocycles. The topological polar surface area (TPSA) is 25.8 Å². The molecule has 0 atom stereocenters. The van der Waals surface area contributed by atoms with Gasteiger partial charge < -0.3 is 0 Å². The second-order valence-electron chi connectivity index (χ2n) is 7.58. The third-order valence-corrected chi connectivity index (χ3v) is 5.63. The van der Waals surface area contributed by atoms with Crippen molar-refractivity contribution in [1.82, 2.24) is 9.97 Å². The number of aromatic nitrogens is 2. The van der Waals surface area contributed by atoms with E-state index in [-0.39, 0.29) is 11.1 Å². The molecule has 0 bridgehead atoms. The van der Waals surface area contributed by atoms with Gasteiger partial charge in [0.05, 0.1) is 17.1 Å². The highest BCUT2D eigenvalue weighted by atomic mass is 32.1. The number of pyridine rings is 2. The van der Waals surface area contributed by atoms with Crippen molar-refractivity contribution in [2.24, 2.45) is 0 Å². The predicted octanol–water partition coefficient (Wildman–Crippen LogP) is 6.70. The van der Waals surface area contributed by atoms with E-state index in [1.807, 2.05) is 36.4 Å². The van der Waals surface area contributed by atoms with Crippen LogP contribution in [0.4, 0.5) is 8.78 Å². The molecule has 150 valence electrons. The van der Waals surface area contributed by atoms with Crippen LogP contribution in [0.5, 0.6) is 0 Å². The monoisotopic (exact) mass is 418 g/mol. The molecule has 0 N–H and O–H groups in total. The molecule has 4 aromatic rings. The summed E-state index contributed by atoms with van der Waals surface area (Å²) in [5.41, 5.74) is 2.68. The van der Waals surface area contributed by atoms with Crippen LogP contribution in [-0.4, -0.2) is 9.97 Å². The Kier molecular flexibility index (Phi) is 5.39. The maximum Gasteiger partial charge on any atom is 0.135 e. The van der Waals surface area contributed by atoms with E-state index in [1.54, 1.807) is 30.5 Å². The summed E-state index contributed by atoms with van der Waals surface area (Å²) in [4.78, 5) is 9.79. The van der Waals surface area contributed by atoms with Gasteiger partial charge in [-0.2, -0.15) is 0 Å². The Morgan fingerprint density at radius 1 is 0.767 bits per heavy atom. The number of rotatable bonds is 4. The highest BCUT2D eigenvalue weighted by molar-refractivity contribution is 7.80. The molecule has 0 aliphatic carbocycles. The molecule has 2 heterocycles. The van der Waals surface area contributed by atoms with Crippen LogP contribution in [0.25, 0.3) is 22.5 Å². The molecule has 0 radical (unpaired) electrons. The average molecular weight is 419 g/mol. The van der Waals surface area contributed by atoms with Crippen LogP contribution in [0.2, 0.25) is 0 Å². The second-order valence-corrected chi connectivity index (χ2v) is 8.06. The van der Waals surface area contributed by atoms with Crippen molar-refractivity contribution in [1.29, 1.82) is 0 Å². The van der Waals surface area contributed by atoms with Gasteiger partial charge in [0.2, 0.25) is 0 Å². The minimum Gasteiger partial charge on any atom is -0.256 e. The second kappa shape index (κ2) is 8.00. The Balaban J connectivity index is 1.83. The van der Waals surface area contributed by atoms with Crippen LogP contribution >= 0.6 is 12.6 Å². The van der Waals surface area contributed by atoms with Crippen molar-refractivity contribution in [2.75, 3.05) is 0 Å². The largest absolute Gasteiger partial charge is 0.256 e. The normalized spacial score (nSPS) is 11.5. The molecule has 0 aliphatic rings. The lowest BCUT2D eigenvalue weighted by Crippen LogP contribution is -2.21. The number of benzene rings is 2. The molecule has 0 fully saturated rings. The van der Waals surface area contributed by atoms with Crippen LogP contribution in [0.15, 0.2) is 83.9 Å². The maximum absolute atomic E-state index is 14.7. The Morgan fingerprint density at radius 3 is 2.13 bits per heavy atom. The van der Waals surface area contributed by atoms with E-state index in [9.17, 15) is 8.78 Å². The van der Waals surface area contributed by atoms with Crippen molar-refractivity contribution in [3.63, 3.8) is 0 Å². The lowest BCUT2D eigenvalue weighted by atomic mass is 9.81. The fourth-order valence-electron chi connectivity index (χ4n) is 3.54. The number of halogens is 2. The zero-order valence-electron chi connectivity index (χ0n) is 16.6. The Hall–Kier alpha value is -3.05. The third kappa shape index (κ3) is 3.73. The van der Waals surface area contributed by atoms with Crippen LogP contribution in [-0.2, 0) is 5.41 Å². The number of hydrogen-bond donors (Lipinski definition) is 1. The van der Waals surface area contributed by atoms with Crippen LogP contribution in [0.3, 0.4) is 0 Å². The Morgan fingerprint density at radius 2 is 1.43 bits per heavy atom. The molecule has 0 unspecified atom stereocenters. The molecule has 0 saturated heterocycles. The summed E-state index contributed by atoms with van der Waals surface area (Å²) in [7, 11) is 0. The molecule has 2 nitrogen and oxygen atoms in total. The van der Waals surface area contributed by atoms with E-state index in [2.05, 4.69) is 31.5 Å². The molecule has 0 amide bonds. The summed E-state index contributed by atoms with van der Waals surface area (Å²) in [6.45, 7) is 4.10. The summed E-state index contributed by atoms with van der Waals surface area (Å²) >= 11 is 4.58. The van der Waals surface area contributed by atoms with E-state index in [1.165, 1.54) is 6.07 Å². The standard InChI is InChI=1S/C25H20F2N2S/c1-25(2,18-8-3-4-11-23(18)30)24-12-7-10-22(29-24)17-14-16(19(26)15-20(17)27)21-9-5-6-13-28-21/h3-15,30H,1-2H3. The van der Waals surface area contributed by atoms with Gasteiger partial charge in [0.1, 0.15) is 11.6 Å². The van der Waals surface area contributed by atoms with Crippen molar-refractivity contribution in [2.45, 2.75) is 24.2 Å². The summed E-state index contributed by atoms with van der Waals surface area (Å²) in [6, 6.07) is 20.9. The molecular formula is C25H20F2N2S. The molecule has 2 aromatic heterocycles. The lowest BCUT2D eigenvalue weighted by molar-refractivity contribution is 0.585. The highest BCUT2D eigenvalue weighted by Crippen LogP contribution is 2.36. The molecular weight excluding hydrogens is 398 g/mol. The highest BCUT2D eigenvalue weighted by Gasteiger charge is 2.27. The summed E-state index contributed by atoms with van der Waals surface area (Å²) in [5.74, 6) is -1.32. The molecule has 5 heteroatoms. The SMILES string of the molecule is CC(C)(c1cccc(-c2cc(-c3ccccn3)c(F)cc2F)n1)c1ccccc1S. The van der Waals surface area contributed by atoms with Gasteiger partial charge in [-0.1, -0.05) is 44.2 Å². The molecule has 30 heavy (non-hydrogen) atoms. The van der Waals surface area contributed by atoms with Gasteiger partial charge in [-0.3, -0.25) is 9.97 Å². The fraction of sp³-hybridized carbons (Fsp3) is 0.120. The van der Waals surface area contributed by atoms with Crippen LogP contribution in [0.1, 0.15) is 25.1 Å². The van der Waals surface area contributed by atoms with E-state index in [0.717, 1.165) is 22.2 Å². The quantitative estimate of drug-likeness (QED) is 0.373. The first-order valence-electron chi connectivity index (χ1n) is 9.55. The zero-order valence-corrected chi connectivity index (χ0v) is 17.5. The minimum atomic E-state index is -0.663. The van der Waals surface area contributed by atoms with E-state index >= 15 is 0 Å². The first-order valence-corrected chi connectivity index (χ1v) is 9.99. The van der Waals surface area contributed by atoms with Gasteiger partial charge in [0.25, 0.3) is 0 Å². The number of hydrogen-bond acceptors (Lipinski definition) is 3. The maximum atomic E-state index is 14.7. The average Bonchev–Trinajstić information content (AvgIpc) is 2.75. The first kappa shape index (κ1) is 20.2. The smallest absolute Gasteiger partial charge is 0.135 e. The van der Waals surface area contributed by atoms with E-state index < -0.39 is 17.0 Å². The predicted molar refractivity (Wildman–Crippen MR) is 119 cm³/mol. The van der Waals surface area contributed by atoms with E-state index in [0.29, 0.717) is 11.4 Å². The van der Waals surface area contributed by atoms with Gasteiger partial charge in [0.15, 0.2) is 0 Å². The lowest BCUT2D eigenvalue weighted by Gasteiger charge is -2.26. The van der Waals surface area contributed by atoms with Crippen molar-refractivity contribution in [3.05, 3.63) is 102 Å². The molecule has 0 spiro atoms. The van der Waals surface area contributed by atoms with Gasteiger partial charge in [0, 0.05) is 33.7 Å². The zero-order chi connectivity index (χ0) is 21.3. The molecule has 0 aliphatic heterocycles. The van der Waals surface area contributed by atoms with Gasteiger partial charge in [-0.15, -0.1) is 12.6 Å². The minimum absolute atomic E-state index is 0.230. The Labute approximate surface area is 180 Å². The first-order chi connectivity index (χ1) is 14.4.